The lowest BCUT2D eigenvalue weighted by atomic mass is 9.59. The van der Waals surface area contributed by atoms with Gasteiger partial charge in [-0.15, -0.1) is 0 Å². The van der Waals surface area contributed by atoms with Gasteiger partial charge in [-0.25, -0.2) is 0 Å². The molecule has 1 aliphatic heterocycles. The Kier molecular flexibility index (Phi) is 3.74. The molecule has 0 unspecified atom stereocenters. The Morgan fingerprint density at radius 1 is 1.17 bits per heavy atom. The number of benzene rings is 2. The molecule has 0 spiro atoms. The number of piperidine rings is 1. The summed E-state index contributed by atoms with van der Waals surface area (Å²) in [4.78, 5) is 2.69. The predicted molar refractivity (Wildman–Crippen MR) is 96.9 cm³/mol. The van der Waals surface area contributed by atoms with E-state index in [2.05, 4.69) is 67.3 Å². The van der Waals surface area contributed by atoms with Crippen LogP contribution in [-0.2, 0) is 18.4 Å². The number of likely N-dealkylation sites (tertiary alicyclic amines) is 1. The molecule has 2 aromatic rings. The van der Waals surface area contributed by atoms with E-state index >= 15 is 0 Å². The van der Waals surface area contributed by atoms with E-state index < -0.39 is 0 Å². The SMILES string of the molecule is C[C@@H]1[C@@H]2Cc3ccc(Cl)cc3[C@@]1(C)CCN2Cc1ccccc1. The zero-order valence-corrected chi connectivity index (χ0v) is 14.7. The summed E-state index contributed by atoms with van der Waals surface area (Å²) in [7, 11) is 0. The summed E-state index contributed by atoms with van der Waals surface area (Å²) < 4.78 is 0. The molecule has 0 radical (unpaired) electrons. The quantitative estimate of drug-likeness (QED) is 0.745. The van der Waals surface area contributed by atoms with Crippen LogP contribution < -0.4 is 0 Å². The number of halogens is 1. The molecule has 4 rings (SSSR count). The van der Waals surface area contributed by atoms with Gasteiger partial charge in [0.25, 0.3) is 0 Å². The number of rotatable bonds is 2. The van der Waals surface area contributed by atoms with Crippen LogP contribution in [0.15, 0.2) is 48.5 Å². The zero-order valence-electron chi connectivity index (χ0n) is 13.9. The third-order valence-electron chi connectivity index (χ3n) is 6.31. The molecule has 2 aromatic carbocycles. The third-order valence-corrected chi connectivity index (χ3v) is 6.55. The Hall–Kier alpha value is -1.31. The van der Waals surface area contributed by atoms with Gasteiger partial charge in [0, 0.05) is 17.6 Å². The van der Waals surface area contributed by atoms with Crippen molar-refractivity contribution in [2.45, 2.75) is 44.7 Å². The van der Waals surface area contributed by atoms with E-state index in [1.807, 2.05) is 0 Å². The van der Waals surface area contributed by atoms with Gasteiger partial charge in [0.15, 0.2) is 0 Å². The highest BCUT2D eigenvalue weighted by atomic mass is 35.5. The summed E-state index contributed by atoms with van der Waals surface area (Å²) in [6.07, 6.45) is 2.36. The average molecular weight is 326 g/mol. The molecule has 0 saturated carbocycles. The minimum Gasteiger partial charge on any atom is -0.295 e. The van der Waals surface area contributed by atoms with Crippen LogP contribution in [0.1, 0.15) is 37.0 Å². The molecule has 1 heterocycles. The summed E-state index contributed by atoms with van der Waals surface area (Å²) in [6, 6.07) is 18.0. The predicted octanol–water partition coefficient (Wildman–Crippen LogP) is 5.06. The second-order valence-electron chi connectivity index (χ2n) is 7.49. The van der Waals surface area contributed by atoms with Crippen LogP contribution in [0.25, 0.3) is 0 Å². The van der Waals surface area contributed by atoms with Gasteiger partial charge in [-0.1, -0.05) is 61.8 Å². The largest absolute Gasteiger partial charge is 0.295 e. The molecular weight excluding hydrogens is 302 g/mol. The van der Waals surface area contributed by atoms with Crippen molar-refractivity contribution < 1.29 is 0 Å². The summed E-state index contributed by atoms with van der Waals surface area (Å²) in [5.41, 5.74) is 4.67. The van der Waals surface area contributed by atoms with Gasteiger partial charge in [0.05, 0.1) is 0 Å². The molecule has 2 bridgehead atoms. The van der Waals surface area contributed by atoms with E-state index in [9.17, 15) is 0 Å². The highest BCUT2D eigenvalue weighted by Crippen LogP contribution is 2.49. The normalized spacial score (nSPS) is 30.0. The topological polar surface area (TPSA) is 3.24 Å². The minimum atomic E-state index is 0.260. The van der Waals surface area contributed by atoms with Crippen molar-refractivity contribution in [2.24, 2.45) is 5.92 Å². The number of hydrogen-bond acceptors (Lipinski definition) is 1. The monoisotopic (exact) mass is 325 g/mol. The summed E-state index contributed by atoms with van der Waals surface area (Å²) >= 11 is 6.29. The lowest BCUT2D eigenvalue weighted by Gasteiger charge is -2.54. The maximum Gasteiger partial charge on any atom is 0.0409 e. The molecule has 1 fully saturated rings. The minimum absolute atomic E-state index is 0.260. The first-order chi connectivity index (χ1) is 11.1. The molecule has 3 atom stereocenters. The van der Waals surface area contributed by atoms with E-state index in [-0.39, 0.29) is 5.41 Å². The van der Waals surface area contributed by atoms with Crippen molar-refractivity contribution in [3.8, 4) is 0 Å². The fourth-order valence-corrected chi connectivity index (χ4v) is 4.87. The fourth-order valence-electron chi connectivity index (χ4n) is 4.69. The molecule has 0 aromatic heterocycles. The lowest BCUT2D eigenvalue weighted by molar-refractivity contribution is 0.0259. The van der Waals surface area contributed by atoms with Gasteiger partial charge in [-0.2, -0.15) is 0 Å². The van der Waals surface area contributed by atoms with Crippen molar-refractivity contribution in [3.63, 3.8) is 0 Å². The van der Waals surface area contributed by atoms with Gasteiger partial charge in [0.1, 0.15) is 0 Å². The molecule has 0 N–H and O–H groups in total. The molecular formula is C21H24ClN. The lowest BCUT2D eigenvalue weighted by Crippen LogP contribution is -2.57. The summed E-state index contributed by atoms with van der Waals surface area (Å²) in [5, 5.41) is 0.877. The van der Waals surface area contributed by atoms with Crippen molar-refractivity contribution in [1.82, 2.24) is 4.90 Å². The van der Waals surface area contributed by atoms with Crippen LogP contribution in [0.5, 0.6) is 0 Å². The molecule has 1 saturated heterocycles. The molecule has 0 amide bonds. The first kappa shape index (κ1) is 15.2. The van der Waals surface area contributed by atoms with Crippen LogP contribution in [-0.4, -0.2) is 17.5 Å². The van der Waals surface area contributed by atoms with Crippen LogP contribution >= 0.6 is 11.6 Å². The van der Waals surface area contributed by atoms with Gasteiger partial charge in [-0.05, 0) is 59.5 Å². The van der Waals surface area contributed by atoms with Crippen LogP contribution in [0.3, 0.4) is 0 Å². The molecule has 1 aliphatic carbocycles. The summed E-state index contributed by atoms with van der Waals surface area (Å²) in [5.74, 6) is 0.658. The first-order valence-electron chi connectivity index (χ1n) is 8.65. The Labute approximate surface area is 144 Å². The number of nitrogens with zero attached hydrogens (tertiary/aromatic N) is 1. The van der Waals surface area contributed by atoms with Crippen molar-refractivity contribution >= 4 is 11.6 Å². The smallest absolute Gasteiger partial charge is 0.0409 e. The van der Waals surface area contributed by atoms with Crippen molar-refractivity contribution in [2.75, 3.05) is 6.54 Å². The van der Waals surface area contributed by atoms with E-state index in [0.29, 0.717) is 12.0 Å². The van der Waals surface area contributed by atoms with Gasteiger partial charge < -0.3 is 0 Å². The number of fused-ring (bicyclic) bond motifs is 4. The van der Waals surface area contributed by atoms with E-state index in [0.717, 1.165) is 18.0 Å². The van der Waals surface area contributed by atoms with Gasteiger partial charge in [0.2, 0.25) is 0 Å². The maximum atomic E-state index is 6.29. The zero-order chi connectivity index (χ0) is 16.0. The molecule has 23 heavy (non-hydrogen) atoms. The van der Waals surface area contributed by atoms with Gasteiger partial charge >= 0.3 is 0 Å². The highest BCUT2D eigenvalue weighted by molar-refractivity contribution is 6.30. The second kappa shape index (κ2) is 5.65. The van der Waals surface area contributed by atoms with Crippen molar-refractivity contribution in [1.29, 1.82) is 0 Å². The molecule has 1 nitrogen and oxygen atoms in total. The molecule has 2 aliphatic rings. The second-order valence-corrected chi connectivity index (χ2v) is 7.92. The number of hydrogen-bond donors (Lipinski definition) is 0. The van der Waals surface area contributed by atoms with E-state index in [4.69, 9.17) is 11.6 Å². The highest BCUT2D eigenvalue weighted by Gasteiger charge is 2.48. The van der Waals surface area contributed by atoms with Crippen LogP contribution in [0.4, 0.5) is 0 Å². The average Bonchev–Trinajstić information content (AvgIpc) is 2.55. The molecule has 2 heteroatoms. The van der Waals surface area contributed by atoms with Crippen molar-refractivity contribution in [3.05, 3.63) is 70.2 Å². The fraction of sp³-hybridized carbons (Fsp3) is 0.429. The Balaban J connectivity index is 1.67. The van der Waals surface area contributed by atoms with Crippen LogP contribution in [0.2, 0.25) is 5.02 Å². The standard InChI is InChI=1S/C21H24ClN/c1-15-20-12-17-8-9-18(22)13-19(17)21(15,2)10-11-23(20)14-16-6-4-3-5-7-16/h3-9,13,15,20H,10-12,14H2,1-2H3/t15-,20+,21+/m1/s1. The van der Waals surface area contributed by atoms with E-state index in [1.54, 1.807) is 0 Å². The third kappa shape index (κ3) is 2.51. The molecule has 120 valence electrons. The van der Waals surface area contributed by atoms with E-state index in [1.165, 1.54) is 29.7 Å². The Morgan fingerprint density at radius 3 is 2.74 bits per heavy atom. The van der Waals surface area contributed by atoms with Crippen LogP contribution in [0, 0.1) is 5.92 Å². The summed E-state index contributed by atoms with van der Waals surface area (Å²) in [6.45, 7) is 7.12. The Morgan fingerprint density at radius 2 is 1.96 bits per heavy atom. The maximum absolute atomic E-state index is 6.29. The Bertz CT molecular complexity index is 711. The van der Waals surface area contributed by atoms with Gasteiger partial charge in [-0.3, -0.25) is 4.90 Å². The first-order valence-corrected chi connectivity index (χ1v) is 9.02.